The van der Waals surface area contributed by atoms with Crippen molar-refractivity contribution in [1.82, 2.24) is 10.6 Å². The number of rotatable bonds is 8. The molecule has 1 heterocycles. The van der Waals surface area contributed by atoms with Gasteiger partial charge in [0.25, 0.3) is 0 Å². The molecule has 1 aliphatic heterocycles. The number of hydrogen-bond donors (Lipinski definition) is 3. The normalized spacial score (nSPS) is 18.8. The molecule has 0 aromatic carbocycles. The van der Waals surface area contributed by atoms with E-state index >= 15 is 0 Å². The van der Waals surface area contributed by atoms with E-state index < -0.39 is 24.0 Å². The molecule has 120 valence electrons. The smallest absolute Gasteiger partial charge is 0.326 e. The number of carbonyl (C=O) groups excluding carboxylic acids is 2. The van der Waals surface area contributed by atoms with E-state index in [1.165, 1.54) is 7.11 Å². The van der Waals surface area contributed by atoms with Crippen molar-refractivity contribution in [1.29, 1.82) is 0 Å². The fourth-order valence-corrected chi connectivity index (χ4v) is 2.05. The molecule has 0 bridgehead atoms. The zero-order chi connectivity index (χ0) is 15.7. The van der Waals surface area contributed by atoms with Crippen LogP contribution in [0.1, 0.15) is 32.1 Å². The Labute approximate surface area is 123 Å². The van der Waals surface area contributed by atoms with E-state index in [1.807, 2.05) is 0 Å². The summed E-state index contributed by atoms with van der Waals surface area (Å²) in [5.41, 5.74) is 0. The van der Waals surface area contributed by atoms with Gasteiger partial charge in [0.2, 0.25) is 0 Å². The highest BCUT2D eigenvalue weighted by Crippen LogP contribution is 2.14. The fraction of sp³-hybridized carbons (Fsp3) is 0.769. The van der Waals surface area contributed by atoms with Crippen LogP contribution in [0.4, 0.5) is 4.79 Å². The second-order valence-electron chi connectivity index (χ2n) is 4.83. The number of urea groups is 1. The predicted octanol–water partition coefficient (Wildman–Crippen LogP) is 0.261. The third-order valence-corrected chi connectivity index (χ3v) is 3.24. The predicted molar refractivity (Wildman–Crippen MR) is 72.8 cm³/mol. The highest BCUT2D eigenvalue weighted by Gasteiger charge is 2.21. The molecule has 2 amide bonds. The van der Waals surface area contributed by atoms with E-state index in [4.69, 9.17) is 9.84 Å². The number of amides is 2. The van der Waals surface area contributed by atoms with E-state index in [0.717, 1.165) is 19.4 Å². The molecule has 0 aromatic heterocycles. The zero-order valence-corrected chi connectivity index (χ0v) is 12.1. The van der Waals surface area contributed by atoms with E-state index in [-0.39, 0.29) is 18.9 Å². The standard InChI is InChI=1S/C13H22N2O6/c1-20-11(16)5-4-10(12(17)18)15-13(19)14-7-6-9-3-2-8-21-9/h9-10H,2-8H2,1H3,(H,17,18)(H2,14,15,19)/t9?,10-/m0/s1. The molecule has 0 spiro atoms. The van der Waals surface area contributed by atoms with Crippen molar-refractivity contribution in [2.45, 2.75) is 44.2 Å². The van der Waals surface area contributed by atoms with Crippen molar-refractivity contribution in [2.75, 3.05) is 20.3 Å². The molecular formula is C13H22N2O6. The van der Waals surface area contributed by atoms with Crippen molar-refractivity contribution in [3.05, 3.63) is 0 Å². The lowest BCUT2D eigenvalue weighted by Crippen LogP contribution is -2.46. The third-order valence-electron chi connectivity index (χ3n) is 3.24. The van der Waals surface area contributed by atoms with Crippen LogP contribution in [0.15, 0.2) is 0 Å². The number of carboxylic acid groups (broad SMARTS) is 1. The number of carbonyl (C=O) groups is 3. The summed E-state index contributed by atoms with van der Waals surface area (Å²) in [6.45, 7) is 1.17. The first kappa shape index (κ1) is 17.2. The third kappa shape index (κ3) is 6.94. The maximum Gasteiger partial charge on any atom is 0.326 e. The van der Waals surface area contributed by atoms with Gasteiger partial charge >= 0.3 is 18.0 Å². The van der Waals surface area contributed by atoms with Gasteiger partial charge in [0.15, 0.2) is 0 Å². The van der Waals surface area contributed by atoms with Crippen molar-refractivity contribution >= 4 is 18.0 Å². The molecular weight excluding hydrogens is 280 g/mol. The molecule has 0 aromatic rings. The molecule has 8 heteroatoms. The Kier molecular flexibility index (Phi) is 7.52. The highest BCUT2D eigenvalue weighted by molar-refractivity contribution is 5.83. The van der Waals surface area contributed by atoms with Crippen LogP contribution in [0.5, 0.6) is 0 Å². The summed E-state index contributed by atoms with van der Waals surface area (Å²) in [7, 11) is 1.23. The van der Waals surface area contributed by atoms with Gasteiger partial charge < -0.3 is 25.2 Å². The first-order valence-corrected chi connectivity index (χ1v) is 6.98. The number of methoxy groups -OCH3 is 1. The number of ether oxygens (including phenoxy) is 2. The first-order valence-electron chi connectivity index (χ1n) is 6.98. The molecule has 1 unspecified atom stereocenters. The topological polar surface area (TPSA) is 114 Å². The molecule has 1 fully saturated rings. The van der Waals surface area contributed by atoms with Crippen LogP contribution in [0.25, 0.3) is 0 Å². The summed E-state index contributed by atoms with van der Waals surface area (Å²) < 4.78 is 9.85. The maximum atomic E-state index is 11.6. The summed E-state index contributed by atoms with van der Waals surface area (Å²) >= 11 is 0. The van der Waals surface area contributed by atoms with Crippen LogP contribution in [0.3, 0.4) is 0 Å². The first-order chi connectivity index (χ1) is 10.0. The van der Waals surface area contributed by atoms with Crippen LogP contribution < -0.4 is 10.6 Å². The average Bonchev–Trinajstić information content (AvgIpc) is 2.95. The van der Waals surface area contributed by atoms with Gasteiger partial charge in [-0.1, -0.05) is 0 Å². The minimum atomic E-state index is -1.19. The molecule has 8 nitrogen and oxygen atoms in total. The average molecular weight is 302 g/mol. The van der Waals surface area contributed by atoms with E-state index in [2.05, 4.69) is 15.4 Å². The molecule has 0 saturated carbocycles. The van der Waals surface area contributed by atoms with Gasteiger partial charge in [0.05, 0.1) is 13.2 Å². The second-order valence-corrected chi connectivity index (χ2v) is 4.83. The van der Waals surface area contributed by atoms with Crippen LogP contribution in [-0.2, 0) is 19.1 Å². The Bertz CT molecular complexity index is 368. The zero-order valence-electron chi connectivity index (χ0n) is 12.1. The van der Waals surface area contributed by atoms with Crippen LogP contribution in [0, 0.1) is 0 Å². The van der Waals surface area contributed by atoms with Gasteiger partial charge in [-0.3, -0.25) is 4.79 Å². The SMILES string of the molecule is COC(=O)CC[C@H](NC(=O)NCCC1CCCO1)C(=O)O. The van der Waals surface area contributed by atoms with Gasteiger partial charge in [-0.2, -0.15) is 0 Å². The minimum absolute atomic E-state index is 0.0127. The summed E-state index contributed by atoms with van der Waals surface area (Å²) in [4.78, 5) is 33.6. The molecule has 2 atom stereocenters. The quantitative estimate of drug-likeness (QED) is 0.554. The van der Waals surface area contributed by atoms with Gasteiger partial charge in [-0.25, -0.2) is 9.59 Å². The number of nitrogens with one attached hydrogen (secondary N) is 2. The summed E-state index contributed by atoms with van der Waals surface area (Å²) in [6, 6.07) is -1.68. The molecule has 1 saturated heterocycles. The molecule has 0 radical (unpaired) electrons. The molecule has 1 aliphatic rings. The van der Waals surface area contributed by atoms with Crippen LogP contribution in [0.2, 0.25) is 0 Å². The van der Waals surface area contributed by atoms with Crippen molar-refractivity contribution in [3.8, 4) is 0 Å². The van der Waals surface area contributed by atoms with Crippen LogP contribution >= 0.6 is 0 Å². The number of esters is 1. The Morgan fingerprint density at radius 3 is 2.76 bits per heavy atom. The highest BCUT2D eigenvalue weighted by atomic mass is 16.5. The number of aliphatic carboxylic acids is 1. The maximum absolute atomic E-state index is 11.6. The molecule has 21 heavy (non-hydrogen) atoms. The Hall–Kier alpha value is -1.83. The lowest BCUT2D eigenvalue weighted by atomic mass is 10.1. The molecule has 0 aliphatic carbocycles. The largest absolute Gasteiger partial charge is 0.480 e. The second kappa shape index (κ2) is 9.17. The van der Waals surface area contributed by atoms with Crippen molar-refractivity contribution < 1.29 is 29.0 Å². The van der Waals surface area contributed by atoms with Crippen LogP contribution in [-0.4, -0.2) is 55.5 Å². The fourth-order valence-electron chi connectivity index (χ4n) is 2.05. The van der Waals surface area contributed by atoms with E-state index in [0.29, 0.717) is 13.0 Å². The van der Waals surface area contributed by atoms with E-state index in [1.54, 1.807) is 0 Å². The Balaban J connectivity index is 2.24. The molecule has 3 N–H and O–H groups in total. The molecule has 1 rings (SSSR count). The summed E-state index contributed by atoms with van der Waals surface area (Å²) in [5, 5.41) is 13.9. The Morgan fingerprint density at radius 1 is 1.43 bits per heavy atom. The van der Waals surface area contributed by atoms with Gasteiger partial charge in [0, 0.05) is 19.6 Å². The summed E-state index contributed by atoms with van der Waals surface area (Å²) in [6.07, 6.45) is 2.81. The van der Waals surface area contributed by atoms with Crippen molar-refractivity contribution in [2.24, 2.45) is 0 Å². The number of hydrogen-bond acceptors (Lipinski definition) is 5. The monoisotopic (exact) mass is 302 g/mol. The van der Waals surface area contributed by atoms with Gasteiger partial charge in [-0.15, -0.1) is 0 Å². The van der Waals surface area contributed by atoms with Gasteiger partial charge in [0.1, 0.15) is 6.04 Å². The van der Waals surface area contributed by atoms with Gasteiger partial charge in [-0.05, 0) is 25.7 Å². The summed E-state index contributed by atoms with van der Waals surface area (Å²) in [5.74, 6) is -1.70. The Morgan fingerprint density at radius 2 is 2.19 bits per heavy atom. The lowest BCUT2D eigenvalue weighted by Gasteiger charge is -2.15. The number of carboxylic acids is 1. The lowest BCUT2D eigenvalue weighted by molar-refractivity contribution is -0.142. The minimum Gasteiger partial charge on any atom is -0.480 e. The van der Waals surface area contributed by atoms with E-state index in [9.17, 15) is 14.4 Å². The van der Waals surface area contributed by atoms with Crippen molar-refractivity contribution in [3.63, 3.8) is 0 Å².